The molecule has 1 aromatic rings. The van der Waals surface area contributed by atoms with Crippen LogP contribution in [0.2, 0.25) is 10.0 Å². The van der Waals surface area contributed by atoms with Crippen LogP contribution in [0.1, 0.15) is 25.3 Å². The molecule has 1 unspecified atom stereocenters. The Morgan fingerprint density at radius 2 is 2.00 bits per heavy atom. The number of hydrogen-bond donors (Lipinski definition) is 1. The van der Waals surface area contributed by atoms with Gasteiger partial charge in [0.1, 0.15) is 0 Å². The number of benzene rings is 1. The van der Waals surface area contributed by atoms with Crippen LogP contribution in [0.25, 0.3) is 5.57 Å². The topological polar surface area (TPSA) is 37.3 Å². The molecule has 2 rings (SSSR count). The molecule has 1 N–H and O–H groups in total. The van der Waals surface area contributed by atoms with Gasteiger partial charge < -0.3 is 5.11 Å². The van der Waals surface area contributed by atoms with Crippen molar-refractivity contribution < 1.29 is 9.90 Å². The second kappa shape index (κ2) is 4.45. The molecule has 0 radical (unpaired) electrons. The quantitative estimate of drug-likeness (QED) is 0.848. The predicted molar refractivity (Wildman–Crippen MR) is 69.3 cm³/mol. The Kier molecular flexibility index (Phi) is 3.30. The molecule has 0 spiro atoms. The molecule has 17 heavy (non-hydrogen) atoms. The normalized spacial score (nSPS) is 24.7. The van der Waals surface area contributed by atoms with E-state index in [-0.39, 0.29) is 12.2 Å². The highest BCUT2D eigenvalue weighted by molar-refractivity contribution is 6.43. The first-order chi connectivity index (χ1) is 7.89. The van der Waals surface area contributed by atoms with Crippen LogP contribution < -0.4 is 0 Å². The minimum Gasteiger partial charge on any atom is -0.389 e. The molecule has 1 aliphatic rings. The van der Waals surface area contributed by atoms with E-state index in [4.69, 9.17) is 23.2 Å². The van der Waals surface area contributed by atoms with Gasteiger partial charge >= 0.3 is 0 Å². The molecule has 0 fully saturated rings. The highest BCUT2D eigenvalue weighted by Crippen LogP contribution is 2.37. The summed E-state index contributed by atoms with van der Waals surface area (Å²) in [6.07, 6.45) is 2.09. The van der Waals surface area contributed by atoms with Crippen molar-refractivity contribution >= 4 is 34.6 Å². The van der Waals surface area contributed by atoms with Crippen molar-refractivity contribution in [1.82, 2.24) is 0 Å². The molecule has 0 bridgehead atoms. The van der Waals surface area contributed by atoms with Crippen molar-refractivity contribution in [3.05, 3.63) is 39.9 Å². The summed E-state index contributed by atoms with van der Waals surface area (Å²) in [5, 5.41) is 10.9. The van der Waals surface area contributed by atoms with Crippen molar-refractivity contribution in [1.29, 1.82) is 0 Å². The smallest absolute Gasteiger partial charge is 0.158 e. The summed E-state index contributed by atoms with van der Waals surface area (Å²) in [5.41, 5.74) is 0.443. The zero-order valence-corrected chi connectivity index (χ0v) is 10.8. The van der Waals surface area contributed by atoms with Gasteiger partial charge in [-0.3, -0.25) is 4.79 Å². The average Bonchev–Trinajstić information content (AvgIpc) is 2.19. The van der Waals surface area contributed by atoms with Crippen molar-refractivity contribution in [2.75, 3.05) is 0 Å². The van der Waals surface area contributed by atoms with E-state index < -0.39 is 5.60 Å². The number of carbonyl (C=O) groups excluding carboxylic acids is 1. The molecule has 1 aliphatic carbocycles. The second-order valence-corrected chi connectivity index (χ2v) is 5.37. The molecule has 0 aliphatic heterocycles. The second-order valence-electron chi connectivity index (χ2n) is 4.59. The molecule has 0 saturated heterocycles. The van der Waals surface area contributed by atoms with Gasteiger partial charge in [0.2, 0.25) is 0 Å². The van der Waals surface area contributed by atoms with Crippen LogP contribution in [0.4, 0.5) is 0 Å². The first-order valence-electron chi connectivity index (χ1n) is 5.29. The van der Waals surface area contributed by atoms with Gasteiger partial charge in [0.05, 0.1) is 15.6 Å². The zero-order chi connectivity index (χ0) is 12.6. The Hall–Kier alpha value is -0.830. The highest BCUT2D eigenvalue weighted by Gasteiger charge is 2.30. The zero-order valence-electron chi connectivity index (χ0n) is 9.34. The summed E-state index contributed by atoms with van der Waals surface area (Å²) < 4.78 is 0. The Balaban J connectivity index is 2.47. The summed E-state index contributed by atoms with van der Waals surface area (Å²) in [6.45, 7) is 1.65. The number of rotatable bonds is 1. The van der Waals surface area contributed by atoms with Gasteiger partial charge in [-0.05, 0) is 30.2 Å². The van der Waals surface area contributed by atoms with Gasteiger partial charge in [0.15, 0.2) is 5.78 Å². The van der Waals surface area contributed by atoms with Gasteiger partial charge in [-0.1, -0.05) is 35.3 Å². The third-order valence-corrected chi connectivity index (χ3v) is 3.58. The van der Waals surface area contributed by atoms with Crippen molar-refractivity contribution in [2.24, 2.45) is 0 Å². The van der Waals surface area contributed by atoms with E-state index in [0.717, 1.165) is 5.57 Å². The van der Waals surface area contributed by atoms with Crippen LogP contribution >= 0.6 is 23.2 Å². The maximum absolute atomic E-state index is 11.5. The monoisotopic (exact) mass is 270 g/mol. The van der Waals surface area contributed by atoms with Crippen molar-refractivity contribution in [2.45, 2.75) is 25.4 Å². The largest absolute Gasteiger partial charge is 0.389 e. The van der Waals surface area contributed by atoms with E-state index in [9.17, 15) is 9.90 Å². The molecule has 1 atom stereocenters. The van der Waals surface area contributed by atoms with Crippen LogP contribution in [0, 0.1) is 0 Å². The van der Waals surface area contributed by atoms with E-state index in [2.05, 4.69) is 0 Å². The Morgan fingerprint density at radius 1 is 1.29 bits per heavy atom. The SMILES string of the molecule is CC1(O)CC(=O)C=C(c2cccc(Cl)c2Cl)C1. The Bertz CT molecular complexity index is 504. The van der Waals surface area contributed by atoms with Crippen LogP contribution in [-0.4, -0.2) is 16.5 Å². The molecular weight excluding hydrogens is 259 g/mol. The van der Waals surface area contributed by atoms with Gasteiger partial charge in [-0.2, -0.15) is 0 Å². The average molecular weight is 271 g/mol. The van der Waals surface area contributed by atoms with Gasteiger partial charge in [0, 0.05) is 12.8 Å². The van der Waals surface area contributed by atoms with Gasteiger partial charge in [0.25, 0.3) is 0 Å². The molecule has 0 saturated carbocycles. The van der Waals surface area contributed by atoms with Gasteiger partial charge in [-0.25, -0.2) is 0 Å². The summed E-state index contributed by atoms with van der Waals surface area (Å²) in [5.74, 6) is -0.0905. The van der Waals surface area contributed by atoms with E-state index >= 15 is 0 Å². The summed E-state index contributed by atoms with van der Waals surface area (Å²) in [6, 6.07) is 5.27. The fraction of sp³-hybridized carbons (Fsp3) is 0.308. The minimum atomic E-state index is -1.01. The summed E-state index contributed by atoms with van der Waals surface area (Å²) in [7, 11) is 0. The molecular formula is C13H12Cl2O2. The Morgan fingerprint density at radius 3 is 2.65 bits per heavy atom. The van der Waals surface area contributed by atoms with Gasteiger partial charge in [-0.15, -0.1) is 0 Å². The van der Waals surface area contributed by atoms with Crippen LogP contribution in [-0.2, 0) is 4.79 Å². The predicted octanol–water partition coefficient (Wildman–Crippen LogP) is 3.49. The number of aliphatic hydroxyl groups is 1. The maximum atomic E-state index is 11.5. The maximum Gasteiger partial charge on any atom is 0.158 e. The van der Waals surface area contributed by atoms with E-state index in [1.807, 2.05) is 0 Å². The van der Waals surface area contributed by atoms with Crippen LogP contribution in [0.3, 0.4) is 0 Å². The molecule has 0 heterocycles. The van der Waals surface area contributed by atoms with E-state index in [1.165, 1.54) is 6.08 Å². The standard InChI is InChI=1S/C13H12Cl2O2/c1-13(17)6-8(5-9(16)7-13)10-3-2-4-11(14)12(10)15/h2-5,17H,6-7H2,1H3. The molecule has 4 heteroatoms. The fourth-order valence-electron chi connectivity index (χ4n) is 2.07. The molecule has 0 amide bonds. The minimum absolute atomic E-state index is 0.0905. The molecule has 0 aromatic heterocycles. The lowest BCUT2D eigenvalue weighted by molar-refractivity contribution is -0.119. The number of allylic oxidation sites excluding steroid dienone is 1. The lowest BCUT2D eigenvalue weighted by Crippen LogP contribution is -2.31. The number of halogens is 2. The lowest BCUT2D eigenvalue weighted by Gasteiger charge is -2.28. The summed E-state index contributed by atoms with van der Waals surface area (Å²) in [4.78, 5) is 11.5. The third-order valence-electron chi connectivity index (χ3n) is 2.76. The number of carbonyl (C=O) groups is 1. The highest BCUT2D eigenvalue weighted by atomic mass is 35.5. The lowest BCUT2D eigenvalue weighted by atomic mass is 9.83. The van der Waals surface area contributed by atoms with Crippen LogP contribution in [0.15, 0.2) is 24.3 Å². The first kappa shape index (κ1) is 12.6. The van der Waals surface area contributed by atoms with Crippen molar-refractivity contribution in [3.63, 3.8) is 0 Å². The summed E-state index contributed by atoms with van der Waals surface area (Å²) >= 11 is 12.0. The molecule has 1 aromatic carbocycles. The first-order valence-corrected chi connectivity index (χ1v) is 6.05. The third kappa shape index (κ3) is 2.71. The van der Waals surface area contributed by atoms with Crippen molar-refractivity contribution in [3.8, 4) is 0 Å². The number of ketones is 1. The number of hydrogen-bond acceptors (Lipinski definition) is 2. The Labute approximate surface area is 110 Å². The molecule has 90 valence electrons. The molecule has 2 nitrogen and oxygen atoms in total. The van der Waals surface area contributed by atoms with Crippen LogP contribution in [0.5, 0.6) is 0 Å². The fourth-order valence-corrected chi connectivity index (χ4v) is 2.49. The van der Waals surface area contributed by atoms with E-state index in [1.54, 1.807) is 25.1 Å². The van der Waals surface area contributed by atoms with E-state index in [0.29, 0.717) is 22.0 Å².